The minimum atomic E-state index is -4.04. The molecule has 0 aromatic heterocycles. The molecule has 0 aromatic rings. The molecule has 3 aliphatic heterocycles. The third-order valence-electron chi connectivity index (χ3n) is 7.30. The van der Waals surface area contributed by atoms with Crippen molar-refractivity contribution in [3.05, 3.63) is 0 Å². The fourth-order valence-corrected chi connectivity index (χ4v) is 10.9. The molecule has 18 nitrogen and oxygen atoms in total. The molecule has 0 amide bonds. The van der Waals surface area contributed by atoms with Crippen molar-refractivity contribution in [2.24, 2.45) is 27.2 Å². The maximum absolute atomic E-state index is 12.1. The van der Waals surface area contributed by atoms with Gasteiger partial charge in [-0.05, 0) is 0 Å². The number of guanidine groups is 1. The molecule has 0 spiro atoms. The number of likely N-dealkylation sites (N-methyl/N-ethyl adjacent to an activating group) is 1. The first-order valence-electron chi connectivity index (χ1n) is 12.2. The van der Waals surface area contributed by atoms with Crippen LogP contribution in [0.15, 0.2) is 9.98 Å². The van der Waals surface area contributed by atoms with Crippen LogP contribution in [0.25, 0.3) is 0 Å². The van der Waals surface area contributed by atoms with Crippen molar-refractivity contribution in [1.29, 1.82) is 0 Å². The van der Waals surface area contributed by atoms with Gasteiger partial charge in [0.15, 0.2) is 0 Å². The molecule has 19 heteroatoms. The third-order valence-corrected chi connectivity index (χ3v) is 13.3. The molecule has 3 aliphatic rings. The summed E-state index contributed by atoms with van der Waals surface area (Å²) < 4.78 is 23.2. The Bertz CT molecular complexity index is 903. The topological polar surface area (TPSA) is 310 Å². The molecule has 14 N–H and O–H groups in total. The zero-order chi connectivity index (χ0) is 29.2. The predicted molar refractivity (Wildman–Crippen MR) is 133 cm³/mol. The number of hydrogen-bond acceptors (Lipinski definition) is 15. The molecule has 39 heavy (non-hydrogen) atoms. The van der Waals surface area contributed by atoms with Crippen LogP contribution in [-0.2, 0) is 22.8 Å². The van der Waals surface area contributed by atoms with Crippen molar-refractivity contribution in [2.45, 2.75) is 89.7 Å². The second-order valence-corrected chi connectivity index (χ2v) is 15.0. The van der Waals surface area contributed by atoms with Gasteiger partial charge in [-0.25, -0.2) is 0 Å². The zero-order valence-electron chi connectivity index (χ0n) is 21.2. The fraction of sp³-hybridized carbons (Fsp3) is 0.850. The van der Waals surface area contributed by atoms with E-state index in [9.17, 15) is 40.5 Å². The van der Waals surface area contributed by atoms with E-state index in [1.165, 1.54) is 14.0 Å². The number of rotatable bonds is 9. The number of carbonyl (C=O) groups excluding carboxylic acids is 1. The van der Waals surface area contributed by atoms with E-state index in [2.05, 4.69) is 15.3 Å². The van der Waals surface area contributed by atoms with Gasteiger partial charge in [0, 0.05) is 0 Å². The van der Waals surface area contributed by atoms with Gasteiger partial charge in [0.25, 0.3) is 0 Å². The maximum atomic E-state index is 12.1. The Labute approximate surface area is 227 Å². The molecule has 0 saturated carbocycles. The van der Waals surface area contributed by atoms with E-state index >= 15 is 0 Å². The first kappa shape index (κ1) is 32.0. The normalized spacial score (nSPS) is 48.7. The van der Waals surface area contributed by atoms with Gasteiger partial charge in [-0.2, -0.15) is 0 Å². The summed E-state index contributed by atoms with van der Waals surface area (Å²) in [5.74, 6) is -0.453. The van der Waals surface area contributed by atoms with Gasteiger partial charge in [-0.15, -0.1) is 0 Å². The SMILES string of the molecule is CNC1C(OC2C([O][Ge@H]3[C@H](O)[C@@H](O)[C@H](N=CN)[C@@H](O)[C@@H]3N=C(N)N)O[C@@H](C)[C@]2(O)C=O)O[C@@H](CO)C(O)C1O. The number of aliphatic hydroxyl groups is 7. The van der Waals surface area contributed by atoms with Gasteiger partial charge in [-0.3, -0.25) is 0 Å². The van der Waals surface area contributed by atoms with Gasteiger partial charge < -0.3 is 0 Å². The minimum absolute atomic E-state index is 0.172. The summed E-state index contributed by atoms with van der Waals surface area (Å²) in [7, 11) is 1.43. The van der Waals surface area contributed by atoms with Crippen LogP contribution in [0.2, 0.25) is 0 Å². The van der Waals surface area contributed by atoms with Crippen molar-refractivity contribution >= 4 is 33.3 Å². The number of nitrogens with one attached hydrogen (secondary N) is 1. The summed E-state index contributed by atoms with van der Waals surface area (Å²) in [6, 6.07) is -2.38. The Kier molecular flexibility index (Phi) is 10.6. The van der Waals surface area contributed by atoms with E-state index in [0.717, 1.165) is 6.34 Å². The number of aliphatic hydroxyl groups excluding tert-OH is 6. The molecule has 0 radical (unpaired) electrons. The number of carbonyl (C=O) groups is 1. The number of nitrogens with zero attached hydrogens (tertiary/aromatic N) is 2. The van der Waals surface area contributed by atoms with Crippen molar-refractivity contribution in [3.63, 3.8) is 0 Å². The Hall–Kier alpha value is -1.53. The van der Waals surface area contributed by atoms with Crippen molar-refractivity contribution < 1.29 is 58.5 Å². The van der Waals surface area contributed by atoms with Gasteiger partial charge in [0.05, 0.1) is 0 Å². The molecular formula is C20H38GeN6O12. The number of nitrogens with two attached hydrogens (primary N) is 3. The summed E-state index contributed by atoms with van der Waals surface area (Å²) >= 11 is -4.04. The van der Waals surface area contributed by atoms with Gasteiger partial charge in [-0.1, -0.05) is 0 Å². The summed E-state index contributed by atoms with van der Waals surface area (Å²) in [4.78, 5) is 17.0. The number of ether oxygens (including phenoxy) is 3. The van der Waals surface area contributed by atoms with Crippen LogP contribution < -0.4 is 22.5 Å². The van der Waals surface area contributed by atoms with E-state index in [1.807, 2.05) is 0 Å². The molecule has 15 atom stereocenters. The monoisotopic (exact) mass is 628 g/mol. The molecule has 0 aliphatic carbocycles. The second kappa shape index (κ2) is 13.0. The second-order valence-electron chi connectivity index (χ2n) is 9.64. The van der Waals surface area contributed by atoms with E-state index in [1.54, 1.807) is 0 Å². The first-order chi connectivity index (χ1) is 18.4. The summed E-state index contributed by atoms with van der Waals surface area (Å²) in [6.45, 7) is 0.671. The molecule has 0 bridgehead atoms. The molecule has 3 rings (SSSR count). The van der Waals surface area contributed by atoms with E-state index in [4.69, 9.17) is 35.2 Å². The average Bonchev–Trinajstić information content (AvgIpc) is 3.13. The van der Waals surface area contributed by atoms with Crippen LogP contribution in [0.1, 0.15) is 6.92 Å². The first-order valence-corrected chi connectivity index (χ1v) is 16.0. The van der Waals surface area contributed by atoms with Crippen LogP contribution in [-0.4, -0.2) is 165 Å². The Balaban J connectivity index is 1.96. The fourth-order valence-electron chi connectivity index (χ4n) is 5.03. The van der Waals surface area contributed by atoms with E-state index < -0.39 is 110 Å². The van der Waals surface area contributed by atoms with Crippen molar-refractivity contribution in [3.8, 4) is 0 Å². The molecule has 0 aromatic carbocycles. The number of aliphatic imine (C=N–C) groups is 2. The molecule has 3 fully saturated rings. The van der Waals surface area contributed by atoms with E-state index in [0.29, 0.717) is 0 Å². The third kappa shape index (κ3) is 6.07. The zero-order valence-corrected chi connectivity index (χ0v) is 23.7. The molecule has 3 saturated heterocycles. The molecule has 6 unspecified atom stereocenters. The van der Waals surface area contributed by atoms with Crippen molar-refractivity contribution in [2.75, 3.05) is 13.7 Å². The van der Waals surface area contributed by atoms with Crippen LogP contribution in [0.5, 0.6) is 0 Å². The summed E-state index contributed by atoms with van der Waals surface area (Å²) in [6.07, 6.45) is -12.3. The molecular weight excluding hydrogens is 589 g/mol. The molecule has 224 valence electrons. The van der Waals surface area contributed by atoms with E-state index in [-0.39, 0.29) is 6.29 Å². The number of hydrogen-bond donors (Lipinski definition) is 11. The standard InChI is InChI=1S/C20H38GeN6O12/c1-6-20(35,4-29)14(38-17-9(25-2)11(31)10(30)7(3-28)37-17)18(36-6)39-21-15(27-19(23)24)12(32)8(26-5-22)13(33)16(21)34/h4-18,21,25,28,30-35H,3H2,1-2H3,(H2,22,26)(H4,23,24,27)/t6-,7-,8+,9?,10?,11?,12+,13-,14?,15-,16+,17?,18?,20+,21+/m0/s1. The number of aldehydes is 1. The predicted octanol–water partition coefficient (Wildman–Crippen LogP) is -8.01. The Morgan fingerprint density at radius 1 is 1.10 bits per heavy atom. The van der Waals surface area contributed by atoms with Crippen LogP contribution in [0.4, 0.5) is 0 Å². The van der Waals surface area contributed by atoms with Crippen LogP contribution in [0, 0.1) is 0 Å². The average molecular weight is 627 g/mol. The van der Waals surface area contributed by atoms with Crippen LogP contribution in [0.3, 0.4) is 0 Å². The quantitative estimate of drug-likeness (QED) is 0.0489. The summed E-state index contributed by atoms with van der Waals surface area (Å²) in [5.41, 5.74) is 14.0. The van der Waals surface area contributed by atoms with Crippen molar-refractivity contribution in [1.82, 2.24) is 5.32 Å². The van der Waals surface area contributed by atoms with Gasteiger partial charge in [0.1, 0.15) is 0 Å². The Morgan fingerprint density at radius 3 is 2.31 bits per heavy atom. The Morgan fingerprint density at radius 2 is 1.77 bits per heavy atom. The van der Waals surface area contributed by atoms with Gasteiger partial charge in [0.2, 0.25) is 0 Å². The molecule has 3 heterocycles. The van der Waals surface area contributed by atoms with Gasteiger partial charge >= 0.3 is 228 Å². The summed E-state index contributed by atoms with van der Waals surface area (Å²) in [5, 5.41) is 76.6. The van der Waals surface area contributed by atoms with Crippen LogP contribution >= 0.6 is 0 Å².